The number of aromatic amines is 1. The Balaban J connectivity index is 1.46. The van der Waals surface area contributed by atoms with Gasteiger partial charge in [-0.05, 0) is 53.4 Å². The summed E-state index contributed by atoms with van der Waals surface area (Å²) in [6.45, 7) is 1.27. The van der Waals surface area contributed by atoms with Crippen LogP contribution in [0.3, 0.4) is 0 Å². The minimum absolute atomic E-state index is 0.491. The maximum atomic E-state index is 6.16. The van der Waals surface area contributed by atoms with Gasteiger partial charge in [0.2, 0.25) is 0 Å². The Labute approximate surface area is 187 Å². The van der Waals surface area contributed by atoms with Gasteiger partial charge in [0.15, 0.2) is 11.5 Å². The molecule has 0 saturated heterocycles. The molecule has 0 amide bonds. The molecule has 162 valence electrons. The van der Waals surface area contributed by atoms with E-state index in [-0.39, 0.29) is 0 Å². The molecule has 1 N–H and O–H groups in total. The maximum Gasteiger partial charge on any atom is 0.162 e. The van der Waals surface area contributed by atoms with E-state index in [2.05, 4.69) is 47.6 Å². The summed E-state index contributed by atoms with van der Waals surface area (Å²) in [5, 5.41) is 1.16. The molecule has 0 aliphatic carbocycles. The van der Waals surface area contributed by atoms with E-state index in [4.69, 9.17) is 19.2 Å². The van der Waals surface area contributed by atoms with Gasteiger partial charge in [0.25, 0.3) is 0 Å². The van der Waals surface area contributed by atoms with Gasteiger partial charge in [0.1, 0.15) is 12.4 Å². The summed E-state index contributed by atoms with van der Waals surface area (Å²) in [6, 6.07) is 20.4. The van der Waals surface area contributed by atoms with Crippen LogP contribution in [0.1, 0.15) is 22.3 Å². The lowest BCUT2D eigenvalue weighted by Gasteiger charge is -2.20. The molecule has 5 nitrogen and oxygen atoms in total. The number of nitrogens with one attached hydrogen (secondary N) is 1. The second-order valence-corrected chi connectivity index (χ2v) is 7.92. The van der Waals surface area contributed by atoms with Crippen LogP contribution in [0, 0.1) is 0 Å². The number of hydrogen-bond donors (Lipinski definition) is 1. The van der Waals surface area contributed by atoms with E-state index in [0.717, 1.165) is 64.4 Å². The zero-order chi connectivity index (χ0) is 21.9. The number of benzene rings is 3. The largest absolute Gasteiger partial charge is 0.497 e. The third kappa shape index (κ3) is 3.94. The molecule has 0 unspecified atom stereocenters. The van der Waals surface area contributed by atoms with Gasteiger partial charge in [-0.1, -0.05) is 30.3 Å². The summed E-state index contributed by atoms with van der Waals surface area (Å²) in [6.07, 6.45) is 3.71. The standard InChI is InChI=1S/C27H26N2O3/c1-30-21-8-9-24-22(14-21)20(16-29-24)12-25-23-15-27(32-17-18-6-4-3-5-7-18)26(31-2)13-19(23)10-11-28-25/h3-9,13-16,29H,10-12,17H2,1-2H3. The normalized spacial score (nSPS) is 12.9. The number of rotatable bonds is 7. The summed E-state index contributed by atoms with van der Waals surface area (Å²) in [7, 11) is 3.38. The molecule has 0 saturated carbocycles. The fourth-order valence-corrected chi connectivity index (χ4v) is 4.24. The first kappa shape index (κ1) is 20.2. The molecule has 1 aliphatic heterocycles. The van der Waals surface area contributed by atoms with Crippen molar-refractivity contribution in [2.45, 2.75) is 19.4 Å². The van der Waals surface area contributed by atoms with Crippen molar-refractivity contribution in [3.63, 3.8) is 0 Å². The highest BCUT2D eigenvalue weighted by molar-refractivity contribution is 6.06. The zero-order valence-corrected chi connectivity index (χ0v) is 18.4. The fraction of sp³-hybridized carbons (Fsp3) is 0.222. The predicted octanol–water partition coefficient (Wildman–Crippen LogP) is 5.35. The summed E-state index contributed by atoms with van der Waals surface area (Å²) < 4.78 is 17.2. The Hall–Kier alpha value is -3.73. The van der Waals surface area contributed by atoms with Crippen LogP contribution in [0.25, 0.3) is 10.9 Å². The molecule has 1 aromatic heterocycles. The second kappa shape index (κ2) is 8.79. The van der Waals surface area contributed by atoms with Crippen molar-refractivity contribution in [3.05, 3.63) is 89.1 Å². The SMILES string of the molecule is COc1ccc2[nH]cc(CC3=NCCc4cc(OC)c(OCc5ccccc5)cc43)c2c1. The van der Waals surface area contributed by atoms with E-state index in [1.807, 2.05) is 24.3 Å². The quantitative estimate of drug-likeness (QED) is 0.433. The molecule has 0 spiro atoms. The lowest BCUT2D eigenvalue weighted by molar-refractivity contribution is 0.284. The molecule has 0 radical (unpaired) electrons. The number of aliphatic imine (C=N–C) groups is 1. The van der Waals surface area contributed by atoms with E-state index >= 15 is 0 Å². The third-order valence-corrected chi connectivity index (χ3v) is 5.95. The molecule has 0 bridgehead atoms. The predicted molar refractivity (Wildman–Crippen MR) is 127 cm³/mol. The monoisotopic (exact) mass is 426 g/mol. The van der Waals surface area contributed by atoms with Gasteiger partial charge >= 0.3 is 0 Å². The summed E-state index contributed by atoms with van der Waals surface area (Å²) >= 11 is 0. The Bertz CT molecular complexity index is 1280. The first-order valence-electron chi connectivity index (χ1n) is 10.8. The van der Waals surface area contributed by atoms with Crippen molar-refractivity contribution >= 4 is 16.6 Å². The van der Waals surface area contributed by atoms with Crippen LogP contribution in [-0.4, -0.2) is 31.5 Å². The molecule has 1 aliphatic rings. The van der Waals surface area contributed by atoms with E-state index in [1.54, 1.807) is 14.2 Å². The van der Waals surface area contributed by atoms with Crippen LogP contribution in [-0.2, 0) is 19.4 Å². The highest BCUT2D eigenvalue weighted by Crippen LogP contribution is 2.34. The van der Waals surface area contributed by atoms with E-state index in [0.29, 0.717) is 6.61 Å². The Morgan fingerprint density at radius 3 is 2.62 bits per heavy atom. The van der Waals surface area contributed by atoms with Gasteiger partial charge < -0.3 is 19.2 Å². The summed E-state index contributed by atoms with van der Waals surface area (Å²) in [5.41, 5.74) is 6.87. The fourth-order valence-electron chi connectivity index (χ4n) is 4.24. The van der Waals surface area contributed by atoms with Crippen molar-refractivity contribution in [1.29, 1.82) is 0 Å². The molecule has 4 aromatic rings. The molecule has 0 fully saturated rings. The minimum Gasteiger partial charge on any atom is -0.497 e. The van der Waals surface area contributed by atoms with Crippen molar-refractivity contribution in [2.75, 3.05) is 20.8 Å². The van der Waals surface area contributed by atoms with Crippen LogP contribution in [0.15, 0.2) is 71.9 Å². The highest BCUT2D eigenvalue weighted by Gasteiger charge is 2.20. The number of methoxy groups -OCH3 is 2. The molecular weight excluding hydrogens is 400 g/mol. The number of fused-ring (bicyclic) bond motifs is 2. The second-order valence-electron chi connectivity index (χ2n) is 7.92. The van der Waals surface area contributed by atoms with Crippen molar-refractivity contribution in [3.8, 4) is 17.2 Å². The number of aromatic nitrogens is 1. The van der Waals surface area contributed by atoms with Gasteiger partial charge in [-0.2, -0.15) is 0 Å². The van der Waals surface area contributed by atoms with Gasteiger partial charge in [0.05, 0.1) is 14.2 Å². The van der Waals surface area contributed by atoms with Crippen LogP contribution in [0.4, 0.5) is 0 Å². The van der Waals surface area contributed by atoms with E-state index < -0.39 is 0 Å². The molecule has 5 rings (SSSR count). The van der Waals surface area contributed by atoms with Gasteiger partial charge in [0, 0.05) is 41.3 Å². The number of hydrogen-bond acceptors (Lipinski definition) is 4. The van der Waals surface area contributed by atoms with Gasteiger partial charge in [-0.25, -0.2) is 0 Å². The molecule has 32 heavy (non-hydrogen) atoms. The van der Waals surface area contributed by atoms with Gasteiger partial charge in [-0.3, -0.25) is 4.99 Å². The van der Waals surface area contributed by atoms with Crippen LogP contribution < -0.4 is 14.2 Å². The molecule has 3 aromatic carbocycles. The molecule has 5 heteroatoms. The van der Waals surface area contributed by atoms with E-state index in [9.17, 15) is 0 Å². The lowest BCUT2D eigenvalue weighted by Crippen LogP contribution is -2.16. The molecular formula is C27H26N2O3. The first-order valence-corrected chi connectivity index (χ1v) is 10.8. The van der Waals surface area contributed by atoms with Crippen molar-refractivity contribution in [1.82, 2.24) is 4.98 Å². The molecule has 2 heterocycles. The Morgan fingerprint density at radius 1 is 0.938 bits per heavy atom. The number of H-pyrrole nitrogens is 1. The van der Waals surface area contributed by atoms with Crippen molar-refractivity contribution in [2.24, 2.45) is 4.99 Å². The van der Waals surface area contributed by atoms with Gasteiger partial charge in [-0.15, -0.1) is 0 Å². The summed E-state index contributed by atoms with van der Waals surface area (Å²) in [5.74, 6) is 2.36. The Kier molecular flexibility index (Phi) is 5.55. The average molecular weight is 427 g/mol. The Morgan fingerprint density at radius 2 is 1.81 bits per heavy atom. The summed E-state index contributed by atoms with van der Waals surface area (Å²) in [4.78, 5) is 8.25. The number of nitrogens with zero attached hydrogens (tertiary/aromatic N) is 1. The maximum absolute atomic E-state index is 6.16. The minimum atomic E-state index is 0.491. The molecule has 0 atom stereocenters. The third-order valence-electron chi connectivity index (χ3n) is 5.95. The van der Waals surface area contributed by atoms with Crippen LogP contribution >= 0.6 is 0 Å². The van der Waals surface area contributed by atoms with Crippen LogP contribution in [0.2, 0.25) is 0 Å². The lowest BCUT2D eigenvalue weighted by atomic mass is 9.93. The van der Waals surface area contributed by atoms with Crippen LogP contribution in [0.5, 0.6) is 17.2 Å². The topological polar surface area (TPSA) is 55.8 Å². The highest BCUT2D eigenvalue weighted by atomic mass is 16.5. The van der Waals surface area contributed by atoms with E-state index in [1.165, 1.54) is 11.1 Å². The van der Waals surface area contributed by atoms with Crippen molar-refractivity contribution < 1.29 is 14.2 Å². The number of ether oxygens (including phenoxy) is 3. The zero-order valence-electron chi connectivity index (χ0n) is 18.4. The first-order chi connectivity index (χ1) is 15.7. The average Bonchev–Trinajstić information content (AvgIpc) is 3.24. The smallest absolute Gasteiger partial charge is 0.162 e.